The van der Waals surface area contributed by atoms with Crippen molar-refractivity contribution in [2.24, 2.45) is 0 Å². The maximum atomic E-state index is 11.9. The van der Waals surface area contributed by atoms with E-state index in [1.54, 1.807) is 12.1 Å². The van der Waals surface area contributed by atoms with E-state index in [1.807, 2.05) is 32.0 Å². The van der Waals surface area contributed by atoms with E-state index in [0.29, 0.717) is 5.56 Å². The number of benzene rings is 1. The molecule has 18 heavy (non-hydrogen) atoms. The molecule has 1 aromatic rings. The molecule has 0 aliphatic heterocycles. The minimum atomic E-state index is -0.374. The van der Waals surface area contributed by atoms with E-state index in [9.17, 15) is 4.79 Å². The monoisotopic (exact) mass is 248 g/mol. The molecule has 0 radical (unpaired) electrons. The van der Waals surface area contributed by atoms with Gasteiger partial charge in [0.2, 0.25) is 0 Å². The van der Waals surface area contributed by atoms with Gasteiger partial charge in [0.05, 0.1) is 5.56 Å². The molecule has 0 spiro atoms. The highest BCUT2D eigenvalue weighted by Gasteiger charge is 2.22. The van der Waals surface area contributed by atoms with Crippen molar-refractivity contribution < 1.29 is 9.53 Å². The number of unbranched alkanes of at least 4 members (excludes halogenated alkanes) is 3. The second-order valence-electron chi connectivity index (χ2n) is 5.33. The lowest BCUT2D eigenvalue weighted by Gasteiger charge is -2.25. The molecule has 0 N–H and O–H groups in total. The Balaban J connectivity index is 2.42. The molecule has 0 aromatic heterocycles. The number of carbonyl (C=O) groups is 1. The van der Waals surface area contributed by atoms with Crippen LogP contribution in [0.5, 0.6) is 0 Å². The van der Waals surface area contributed by atoms with Gasteiger partial charge in [-0.1, -0.05) is 44.4 Å². The maximum Gasteiger partial charge on any atom is 0.338 e. The summed E-state index contributed by atoms with van der Waals surface area (Å²) in [7, 11) is 0. The van der Waals surface area contributed by atoms with Crippen LogP contribution in [0.2, 0.25) is 0 Å². The Morgan fingerprint density at radius 1 is 1.11 bits per heavy atom. The van der Waals surface area contributed by atoms with Crippen LogP contribution in [0.4, 0.5) is 0 Å². The number of ether oxygens (including phenoxy) is 1. The van der Waals surface area contributed by atoms with Gasteiger partial charge in [0.1, 0.15) is 5.60 Å². The second-order valence-corrected chi connectivity index (χ2v) is 5.33. The number of esters is 1. The van der Waals surface area contributed by atoms with Gasteiger partial charge in [-0.2, -0.15) is 0 Å². The van der Waals surface area contributed by atoms with Gasteiger partial charge in [0.25, 0.3) is 0 Å². The minimum absolute atomic E-state index is 0.226. The SMILES string of the molecule is CCCCCCC(C)(C)OC(=O)c1ccccc1. The Morgan fingerprint density at radius 2 is 1.78 bits per heavy atom. The zero-order chi connectivity index (χ0) is 13.4. The van der Waals surface area contributed by atoms with Crippen molar-refractivity contribution in [3.63, 3.8) is 0 Å². The summed E-state index contributed by atoms with van der Waals surface area (Å²) >= 11 is 0. The molecule has 2 heteroatoms. The highest BCUT2D eigenvalue weighted by atomic mass is 16.6. The van der Waals surface area contributed by atoms with Crippen LogP contribution < -0.4 is 0 Å². The van der Waals surface area contributed by atoms with Crippen LogP contribution in [0, 0.1) is 0 Å². The Hall–Kier alpha value is -1.31. The van der Waals surface area contributed by atoms with E-state index in [4.69, 9.17) is 4.74 Å². The third-order valence-electron chi connectivity index (χ3n) is 3.01. The van der Waals surface area contributed by atoms with Crippen LogP contribution >= 0.6 is 0 Å². The fraction of sp³-hybridized carbons (Fsp3) is 0.562. The van der Waals surface area contributed by atoms with Crippen molar-refractivity contribution >= 4 is 5.97 Å². The molecule has 0 saturated heterocycles. The second kappa shape index (κ2) is 7.20. The van der Waals surface area contributed by atoms with E-state index < -0.39 is 0 Å². The van der Waals surface area contributed by atoms with E-state index in [-0.39, 0.29) is 11.6 Å². The lowest BCUT2D eigenvalue weighted by molar-refractivity contribution is -0.00549. The summed E-state index contributed by atoms with van der Waals surface area (Å²) in [4.78, 5) is 11.9. The zero-order valence-corrected chi connectivity index (χ0v) is 11.7. The first-order valence-electron chi connectivity index (χ1n) is 6.83. The van der Waals surface area contributed by atoms with Gasteiger partial charge in [0.15, 0.2) is 0 Å². The molecular formula is C16H24O2. The van der Waals surface area contributed by atoms with Crippen LogP contribution in [-0.2, 0) is 4.74 Å². The first-order valence-corrected chi connectivity index (χ1v) is 6.83. The van der Waals surface area contributed by atoms with Crippen molar-refractivity contribution in [1.29, 1.82) is 0 Å². The number of carbonyl (C=O) groups excluding carboxylic acids is 1. The van der Waals surface area contributed by atoms with Gasteiger partial charge < -0.3 is 4.74 Å². The Bertz CT molecular complexity index is 355. The molecule has 0 saturated carbocycles. The van der Waals surface area contributed by atoms with Gasteiger partial charge in [0, 0.05) is 0 Å². The van der Waals surface area contributed by atoms with E-state index in [1.165, 1.54) is 19.3 Å². The molecule has 100 valence electrons. The fourth-order valence-electron chi connectivity index (χ4n) is 1.91. The molecular weight excluding hydrogens is 224 g/mol. The quantitative estimate of drug-likeness (QED) is 0.521. The molecule has 1 rings (SSSR count). The summed E-state index contributed by atoms with van der Waals surface area (Å²) in [6, 6.07) is 9.17. The van der Waals surface area contributed by atoms with Gasteiger partial charge in [-0.25, -0.2) is 4.79 Å². The van der Waals surface area contributed by atoms with Crippen LogP contribution in [0.25, 0.3) is 0 Å². The van der Waals surface area contributed by atoms with Gasteiger partial charge in [-0.05, 0) is 38.8 Å². The predicted molar refractivity (Wildman–Crippen MR) is 74.7 cm³/mol. The highest BCUT2D eigenvalue weighted by Crippen LogP contribution is 2.20. The van der Waals surface area contributed by atoms with Crippen molar-refractivity contribution in [1.82, 2.24) is 0 Å². The smallest absolute Gasteiger partial charge is 0.338 e. The van der Waals surface area contributed by atoms with Gasteiger partial charge >= 0.3 is 5.97 Å². The zero-order valence-electron chi connectivity index (χ0n) is 11.7. The van der Waals surface area contributed by atoms with E-state index in [2.05, 4.69) is 6.92 Å². The van der Waals surface area contributed by atoms with Crippen molar-refractivity contribution in [2.45, 2.75) is 58.5 Å². The van der Waals surface area contributed by atoms with Crippen molar-refractivity contribution in [2.75, 3.05) is 0 Å². The summed E-state index contributed by atoms with van der Waals surface area (Å²) in [5.74, 6) is -0.226. The van der Waals surface area contributed by atoms with Crippen LogP contribution in [0.15, 0.2) is 30.3 Å². The molecule has 2 nitrogen and oxygen atoms in total. The fourth-order valence-corrected chi connectivity index (χ4v) is 1.91. The molecule has 0 atom stereocenters. The third-order valence-corrected chi connectivity index (χ3v) is 3.01. The molecule has 0 bridgehead atoms. The van der Waals surface area contributed by atoms with Gasteiger partial charge in [-0.15, -0.1) is 0 Å². The summed E-state index contributed by atoms with van der Waals surface area (Å²) in [6.07, 6.45) is 5.73. The average Bonchev–Trinajstić information content (AvgIpc) is 2.35. The lowest BCUT2D eigenvalue weighted by atomic mass is 10.00. The molecule has 1 aromatic carbocycles. The van der Waals surface area contributed by atoms with E-state index >= 15 is 0 Å². The molecule has 0 aliphatic carbocycles. The average molecular weight is 248 g/mol. The largest absolute Gasteiger partial charge is 0.456 e. The highest BCUT2D eigenvalue weighted by molar-refractivity contribution is 5.89. The number of hydrogen-bond acceptors (Lipinski definition) is 2. The molecule has 0 amide bonds. The normalized spacial score (nSPS) is 11.3. The summed E-state index contributed by atoms with van der Waals surface area (Å²) < 4.78 is 5.57. The number of hydrogen-bond donors (Lipinski definition) is 0. The molecule has 0 aliphatic rings. The summed E-state index contributed by atoms with van der Waals surface area (Å²) in [5.41, 5.74) is 0.250. The Morgan fingerprint density at radius 3 is 2.39 bits per heavy atom. The molecule has 0 heterocycles. The standard InChI is InChI=1S/C16H24O2/c1-4-5-6-10-13-16(2,3)18-15(17)14-11-8-7-9-12-14/h7-9,11-12H,4-6,10,13H2,1-3H3. The molecule has 0 unspecified atom stereocenters. The summed E-state index contributed by atoms with van der Waals surface area (Å²) in [6.45, 7) is 6.17. The third kappa shape index (κ3) is 5.35. The minimum Gasteiger partial charge on any atom is -0.456 e. The van der Waals surface area contributed by atoms with Crippen LogP contribution in [0.1, 0.15) is 63.2 Å². The Labute approximate surface area is 110 Å². The first-order chi connectivity index (χ1) is 8.55. The summed E-state index contributed by atoms with van der Waals surface area (Å²) in [5, 5.41) is 0. The van der Waals surface area contributed by atoms with Crippen LogP contribution in [-0.4, -0.2) is 11.6 Å². The van der Waals surface area contributed by atoms with E-state index in [0.717, 1.165) is 12.8 Å². The van der Waals surface area contributed by atoms with Crippen LogP contribution in [0.3, 0.4) is 0 Å². The van der Waals surface area contributed by atoms with Crippen molar-refractivity contribution in [3.05, 3.63) is 35.9 Å². The molecule has 0 fully saturated rings. The number of rotatable bonds is 7. The first kappa shape index (κ1) is 14.7. The van der Waals surface area contributed by atoms with Crippen molar-refractivity contribution in [3.8, 4) is 0 Å². The Kier molecular flexibility index (Phi) is 5.90. The van der Waals surface area contributed by atoms with Gasteiger partial charge in [-0.3, -0.25) is 0 Å². The topological polar surface area (TPSA) is 26.3 Å². The predicted octanol–water partition coefficient (Wildman–Crippen LogP) is 4.59. The lowest BCUT2D eigenvalue weighted by Crippen LogP contribution is -2.28. The maximum absolute atomic E-state index is 11.9.